The van der Waals surface area contributed by atoms with Crippen LogP contribution < -0.4 is 9.47 Å². The van der Waals surface area contributed by atoms with Crippen LogP contribution in [0.15, 0.2) is 24.3 Å². The summed E-state index contributed by atoms with van der Waals surface area (Å²) in [6.45, 7) is 10.1. The molecule has 1 aromatic rings. The highest BCUT2D eigenvalue weighted by molar-refractivity contribution is 5.76. The zero-order valence-corrected chi connectivity index (χ0v) is 18.6. The van der Waals surface area contributed by atoms with Crippen LogP contribution in [0.3, 0.4) is 0 Å². The van der Waals surface area contributed by atoms with E-state index >= 15 is 0 Å². The molecule has 0 radical (unpaired) electrons. The topological polar surface area (TPSA) is 101 Å². The number of para-hydroxylation sites is 2. The van der Waals surface area contributed by atoms with Crippen molar-refractivity contribution in [3.8, 4) is 11.5 Å². The molecule has 1 N–H and O–H groups in total. The molecule has 8 nitrogen and oxygen atoms in total. The Morgan fingerprint density at radius 3 is 2.10 bits per heavy atom. The van der Waals surface area contributed by atoms with Crippen LogP contribution in [0.1, 0.15) is 41.5 Å². The van der Waals surface area contributed by atoms with E-state index < -0.39 is 47.4 Å². The molecule has 0 spiro atoms. The average molecular weight is 424 g/mol. The van der Waals surface area contributed by atoms with Gasteiger partial charge in [-0.05, 0) is 53.7 Å². The Bertz CT molecular complexity index is 746. The number of hydrogen-bond acceptors (Lipinski definition) is 8. The fraction of sp³-hybridized carbons (Fsp3) is 0.636. The van der Waals surface area contributed by atoms with Gasteiger partial charge in [-0.15, -0.1) is 0 Å². The van der Waals surface area contributed by atoms with Crippen molar-refractivity contribution in [1.82, 2.24) is 0 Å². The summed E-state index contributed by atoms with van der Waals surface area (Å²) in [6, 6.07) is 6.90. The quantitative estimate of drug-likeness (QED) is 0.696. The molecule has 168 valence electrons. The van der Waals surface area contributed by atoms with Gasteiger partial charge in [0.2, 0.25) is 6.29 Å². The van der Waals surface area contributed by atoms with Gasteiger partial charge in [0.15, 0.2) is 23.7 Å². The summed E-state index contributed by atoms with van der Waals surface area (Å²) in [5, 5.41) is 10.8. The standard InChI is InChI=1S/C22H32O8/c1-21(2,3)19(24)27-12-15-17(30-20(25)22(4,5)6)16(23)18(29-15)28-14-11-9-8-10-13(14)26-7/h8-11,15-18,23H,12H2,1-7H3/t15-,16-,17+,18+/m1/s1. The smallest absolute Gasteiger partial charge is 0.311 e. The van der Waals surface area contributed by atoms with Gasteiger partial charge in [0, 0.05) is 0 Å². The molecule has 0 amide bonds. The predicted molar refractivity (Wildman–Crippen MR) is 108 cm³/mol. The van der Waals surface area contributed by atoms with Crippen LogP contribution in [-0.4, -0.2) is 55.4 Å². The molecule has 1 aliphatic rings. The zero-order valence-electron chi connectivity index (χ0n) is 18.6. The van der Waals surface area contributed by atoms with E-state index in [-0.39, 0.29) is 6.61 Å². The number of aliphatic hydroxyl groups excluding tert-OH is 1. The van der Waals surface area contributed by atoms with E-state index in [4.69, 9.17) is 23.7 Å². The Morgan fingerprint density at radius 2 is 1.57 bits per heavy atom. The third-order valence-electron chi connectivity index (χ3n) is 4.45. The maximum Gasteiger partial charge on any atom is 0.311 e. The highest BCUT2D eigenvalue weighted by Crippen LogP contribution is 2.33. The number of carbonyl (C=O) groups excluding carboxylic acids is 2. The second kappa shape index (κ2) is 9.22. The molecule has 30 heavy (non-hydrogen) atoms. The first-order valence-electron chi connectivity index (χ1n) is 9.86. The molecule has 0 saturated carbocycles. The second-order valence-corrected chi connectivity index (χ2v) is 9.27. The monoisotopic (exact) mass is 424 g/mol. The Morgan fingerprint density at radius 1 is 1.00 bits per heavy atom. The third-order valence-corrected chi connectivity index (χ3v) is 4.45. The molecule has 1 saturated heterocycles. The lowest BCUT2D eigenvalue weighted by Gasteiger charge is -2.25. The summed E-state index contributed by atoms with van der Waals surface area (Å²) < 4.78 is 27.7. The zero-order chi connectivity index (χ0) is 22.7. The van der Waals surface area contributed by atoms with Gasteiger partial charge in [-0.1, -0.05) is 12.1 Å². The Balaban J connectivity index is 2.19. The Hall–Kier alpha value is -2.32. The highest BCUT2D eigenvalue weighted by Gasteiger charge is 2.49. The largest absolute Gasteiger partial charge is 0.493 e. The van der Waals surface area contributed by atoms with E-state index in [1.807, 2.05) is 0 Å². The minimum atomic E-state index is -1.29. The third kappa shape index (κ3) is 5.86. The molecule has 2 rings (SSSR count). The van der Waals surface area contributed by atoms with Gasteiger partial charge < -0.3 is 28.8 Å². The summed E-state index contributed by atoms with van der Waals surface area (Å²) in [4.78, 5) is 24.6. The van der Waals surface area contributed by atoms with Gasteiger partial charge in [-0.25, -0.2) is 0 Å². The maximum atomic E-state index is 12.4. The molecule has 8 heteroatoms. The number of rotatable bonds is 6. The lowest BCUT2D eigenvalue weighted by atomic mass is 9.97. The normalized spacial score (nSPS) is 24.3. The van der Waals surface area contributed by atoms with E-state index in [0.29, 0.717) is 11.5 Å². The minimum Gasteiger partial charge on any atom is -0.493 e. The van der Waals surface area contributed by atoms with Crippen LogP contribution in [0.4, 0.5) is 0 Å². The number of methoxy groups -OCH3 is 1. The van der Waals surface area contributed by atoms with Crippen LogP contribution in [-0.2, 0) is 23.8 Å². The van der Waals surface area contributed by atoms with Crippen molar-refractivity contribution in [2.24, 2.45) is 10.8 Å². The Kier molecular flexibility index (Phi) is 7.36. The van der Waals surface area contributed by atoms with Gasteiger partial charge >= 0.3 is 11.9 Å². The molecule has 4 atom stereocenters. The number of carbonyl (C=O) groups is 2. The van der Waals surface area contributed by atoms with E-state index in [1.54, 1.807) is 65.8 Å². The SMILES string of the molecule is COc1ccccc1O[C@H]1O[C@H](COC(=O)C(C)(C)C)[C@H](OC(=O)C(C)(C)C)[C@H]1O. The molecule has 1 aliphatic heterocycles. The lowest BCUT2D eigenvalue weighted by molar-refractivity contribution is -0.170. The molecular weight excluding hydrogens is 392 g/mol. The van der Waals surface area contributed by atoms with Crippen LogP contribution in [0.25, 0.3) is 0 Å². The molecule has 1 heterocycles. The number of aliphatic hydroxyl groups is 1. The van der Waals surface area contributed by atoms with Crippen molar-refractivity contribution in [1.29, 1.82) is 0 Å². The van der Waals surface area contributed by atoms with Gasteiger partial charge in [0.25, 0.3) is 0 Å². The number of esters is 2. The highest BCUT2D eigenvalue weighted by atomic mass is 16.7. The van der Waals surface area contributed by atoms with Gasteiger partial charge in [0.1, 0.15) is 12.7 Å². The summed E-state index contributed by atoms with van der Waals surface area (Å²) in [6.07, 6.45) is -4.39. The average Bonchev–Trinajstić information content (AvgIpc) is 2.94. The summed E-state index contributed by atoms with van der Waals surface area (Å²) in [5.41, 5.74) is -1.49. The van der Waals surface area contributed by atoms with Crippen LogP contribution >= 0.6 is 0 Å². The van der Waals surface area contributed by atoms with Crippen LogP contribution in [0, 0.1) is 10.8 Å². The second-order valence-electron chi connectivity index (χ2n) is 9.27. The van der Waals surface area contributed by atoms with Crippen molar-refractivity contribution >= 4 is 11.9 Å². The summed E-state index contributed by atoms with van der Waals surface area (Å²) in [7, 11) is 1.50. The van der Waals surface area contributed by atoms with Crippen molar-refractivity contribution < 1.29 is 38.4 Å². The number of hydrogen-bond donors (Lipinski definition) is 1. The first kappa shape index (κ1) is 24.0. The fourth-order valence-electron chi connectivity index (χ4n) is 2.60. The van der Waals surface area contributed by atoms with Crippen molar-refractivity contribution in [2.75, 3.05) is 13.7 Å². The van der Waals surface area contributed by atoms with E-state index in [0.717, 1.165) is 0 Å². The van der Waals surface area contributed by atoms with E-state index in [2.05, 4.69) is 0 Å². The molecule has 0 unspecified atom stereocenters. The van der Waals surface area contributed by atoms with Crippen molar-refractivity contribution in [3.05, 3.63) is 24.3 Å². The fourth-order valence-corrected chi connectivity index (χ4v) is 2.60. The van der Waals surface area contributed by atoms with Crippen molar-refractivity contribution in [3.63, 3.8) is 0 Å². The number of ether oxygens (including phenoxy) is 5. The van der Waals surface area contributed by atoms with Gasteiger partial charge in [-0.3, -0.25) is 9.59 Å². The number of benzene rings is 1. The van der Waals surface area contributed by atoms with E-state index in [9.17, 15) is 14.7 Å². The first-order valence-corrected chi connectivity index (χ1v) is 9.86. The maximum absolute atomic E-state index is 12.4. The van der Waals surface area contributed by atoms with Gasteiger partial charge in [0.05, 0.1) is 17.9 Å². The molecule has 1 fully saturated rings. The molecule has 1 aromatic carbocycles. The first-order chi connectivity index (χ1) is 13.8. The lowest BCUT2D eigenvalue weighted by Crippen LogP contribution is -2.42. The van der Waals surface area contributed by atoms with Gasteiger partial charge in [-0.2, -0.15) is 0 Å². The molecule has 0 bridgehead atoms. The summed E-state index contributed by atoms with van der Waals surface area (Å²) in [5.74, 6) is -0.132. The molecule has 0 aromatic heterocycles. The molecular formula is C22H32O8. The van der Waals surface area contributed by atoms with Crippen molar-refractivity contribution in [2.45, 2.75) is 66.1 Å². The summed E-state index contributed by atoms with van der Waals surface area (Å²) >= 11 is 0. The van der Waals surface area contributed by atoms with Crippen LogP contribution in [0.5, 0.6) is 11.5 Å². The predicted octanol–water partition coefficient (Wildman–Crippen LogP) is 2.71. The minimum absolute atomic E-state index is 0.193. The van der Waals surface area contributed by atoms with Crippen LogP contribution in [0.2, 0.25) is 0 Å². The Labute approximate surface area is 177 Å². The molecule has 0 aliphatic carbocycles. The van der Waals surface area contributed by atoms with E-state index in [1.165, 1.54) is 7.11 Å².